The molecule has 0 spiro atoms. The minimum atomic E-state index is 0.691. The van der Waals surface area contributed by atoms with Gasteiger partial charge in [-0.15, -0.1) is 0 Å². The van der Waals surface area contributed by atoms with Crippen LogP contribution in [0.4, 0.5) is 0 Å². The van der Waals surface area contributed by atoms with Crippen LogP contribution in [0, 0.1) is 12.8 Å². The molecule has 1 saturated heterocycles. The van der Waals surface area contributed by atoms with Crippen LogP contribution in [0.15, 0.2) is 18.2 Å². The molecule has 0 aliphatic carbocycles. The highest BCUT2D eigenvalue weighted by Gasteiger charge is 2.13. The standard InChI is InChI=1S/C13H18ClNO/c1-10-8-12(14)2-3-13(10)16-9-11-4-6-15-7-5-11/h2-3,8,11,15H,4-7,9H2,1H3. The quantitative estimate of drug-likeness (QED) is 0.876. The van der Waals surface area contributed by atoms with E-state index in [2.05, 4.69) is 5.32 Å². The molecule has 1 N–H and O–H groups in total. The maximum absolute atomic E-state index is 5.90. The molecule has 16 heavy (non-hydrogen) atoms. The lowest BCUT2D eigenvalue weighted by Gasteiger charge is -2.23. The van der Waals surface area contributed by atoms with E-state index >= 15 is 0 Å². The first kappa shape index (κ1) is 11.7. The highest BCUT2D eigenvalue weighted by molar-refractivity contribution is 6.30. The Labute approximate surface area is 102 Å². The van der Waals surface area contributed by atoms with Gasteiger partial charge in [0.25, 0.3) is 0 Å². The van der Waals surface area contributed by atoms with Crippen molar-refractivity contribution in [1.82, 2.24) is 5.32 Å². The molecule has 88 valence electrons. The number of aryl methyl sites for hydroxylation is 1. The van der Waals surface area contributed by atoms with Crippen LogP contribution in [0.5, 0.6) is 5.75 Å². The van der Waals surface area contributed by atoms with Gasteiger partial charge in [0.2, 0.25) is 0 Å². The second-order valence-corrected chi connectivity index (χ2v) is 4.85. The molecule has 0 saturated carbocycles. The average Bonchev–Trinajstić information content (AvgIpc) is 2.29. The largest absolute Gasteiger partial charge is 0.493 e. The molecule has 0 unspecified atom stereocenters. The molecule has 3 heteroatoms. The lowest BCUT2D eigenvalue weighted by atomic mass is 9.99. The number of halogens is 1. The highest BCUT2D eigenvalue weighted by Crippen LogP contribution is 2.23. The lowest BCUT2D eigenvalue weighted by molar-refractivity contribution is 0.214. The zero-order valence-corrected chi connectivity index (χ0v) is 10.4. The van der Waals surface area contributed by atoms with Gasteiger partial charge in [0.05, 0.1) is 6.61 Å². The van der Waals surface area contributed by atoms with Gasteiger partial charge in [0.15, 0.2) is 0 Å². The van der Waals surface area contributed by atoms with Crippen LogP contribution in [0.3, 0.4) is 0 Å². The number of piperidine rings is 1. The molecule has 2 nitrogen and oxygen atoms in total. The Bertz CT molecular complexity index is 348. The van der Waals surface area contributed by atoms with E-state index in [4.69, 9.17) is 16.3 Å². The van der Waals surface area contributed by atoms with E-state index in [1.807, 2.05) is 25.1 Å². The van der Waals surface area contributed by atoms with E-state index in [9.17, 15) is 0 Å². The molecule has 0 bridgehead atoms. The predicted octanol–water partition coefficient (Wildman–Crippen LogP) is 3.03. The first-order valence-corrected chi connectivity index (χ1v) is 6.23. The van der Waals surface area contributed by atoms with Crippen LogP contribution < -0.4 is 10.1 Å². The fourth-order valence-electron chi connectivity index (χ4n) is 2.03. The fraction of sp³-hybridized carbons (Fsp3) is 0.538. The Morgan fingerprint density at radius 1 is 1.38 bits per heavy atom. The van der Waals surface area contributed by atoms with Crippen LogP contribution in [-0.4, -0.2) is 19.7 Å². The zero-order chi connectivity index (χ0) is 11.4. The Balaban J connectivity index is 1.88. The Hall–Kier alpha value is -0.730. The minimum Gasteiger partial charge on any atom is -0.493 e. The number of hydrogen-bond acceptors (Lipinski definition) is 2. The van der Waals surface area contributed by atoms with Crippen molar-refractivity contribution >= 4 is 11.6 Å². The maximum atomic E-state index is 5.90. The van der Waals surface area contributed by atoms with Gasteiger partial charge in [-0.1, -0.05) is 11.6 Å². The monoisotopic (exact) mass is 239 g/mol. The van der Waals surface area contributed by atoms with E-state index in [1.54, 1.807) is 0 Å². The third-order valence-electron chi connectivity index (χ3n) is 3.07. The molecule has 0 aromatic heterocycles. The first-order chi connectivity index (χ1) is 7.75. The Morgan fingerprint density at radius 2 is 2.12 bits per heavy atom. The van der Waals surface area contributed by atoms with Crippen LogP contribution in [0.2, 0.25) is 5.02 Å². The van der Waals surface area contributed by atoms with E-state index in [0.29, 0.717) is 5.92 Å². The molecule has 1 aliphatic heterocycles. The fourth-order valence-corrected chi connectivity index (χ4v) is 2.26. The summed E-state index contributed by atoms with van der Waals surface area (Å²) in [5, 5.41) is 4.13. The summed E-state index contributed by atoms with van der Waals surface area (Å²) >= 11 is 5.90. The first-order valence-electron chi connectivity index (χ1n) is 5.85. The molecule has 1 fully saturated rings. The van der Waals surface area contributed by atoms with Crippen LogP contribution >= 0.6 is 11.6 Å². The predicted molar refractivity (Wildman–Crippen MR) is 67.3 cm³/mol. The van der Waals surface area contributed by atoms with Crippen molar-refractivity contribution < 1.29 is 4.74 Å². The molecular weight excluding hydrogens is 222 g/mol. The van der Waals surface area contributed by atoms with Gasteiger partial charge in [-0.3, -0.25) is 0 Å². The molecule has 0 atom stereocenters. The number of benzene rings is 1. The van der Waals surface area contributed by atoms with Crippen molar-refractivity contribution in [2.45, 2.75) is 19.8 Å². The van der Waals surface area contributed by atoms with Crippen molar-refractivity contribution in [1.29, 1.82) is 0 Å². The van der Waals surface area contributed by atoms with E-state index in [1.165, 1.54) is 12.8 Å². The van der Waals surface area contributed by atoms with Crippen molar-refractivity contribution in [3.63, 3.8) is 0 Å². The third-order valence-corrected chi connectivity index (χ3v) is 3.31. The average molecular weight is 240 g/mol. The number of hydrogen-bond donors (Lipinski definition) is 1. The molecule has 1 aromatic rings. The van der Waals surface area contributed by atoms with Crippen molar-refractivity contribution in [2.75, 3.05) is 19.7 Å². The Kier molecular flexibility index (Phi) is 4.08. The lowest BCUT2D eigenvalue weighted by Crippen LogP contribution is -2.30. The third kappa shape index (κ3) is 3.13. The van der Waals surface area contributed by atoms with Crippen molar-refractivity contribution in [3.8, 4) is 5.75 Å². The van der Waals surface area contributed by atoms with Crippen LogP contribution in [-0.2, 0) is 0 Å². The van der Waals surface area contributed by atoms with Crippen molar-refractivity contribution in [3.05, 3.63) is 28.8 Å². The van der Waals surface area contributed by atoms with Gasteiger partial charge in [-0.25, -0.2) is 0 Å². The highest BCUT2D eigenvalue weighted by atomic mass is 35.5. The summed E-state index contributed by atoms with van der Waals surface area (Å²) in [5.74, 6) is 1.65. The summed E-state index contributed by atoms with van der Waals surface area (Å²) in [6.45, 7) is 5.09. The van der Waals surface area contributed by atoms with Gasteiger partial charge < -0.3 is 10.1 Å². The smallest absolute Gasteiger partial charge is 0.122 e. The second-order valence-electron chi connectivity index (χ2n) is 4.41. The summed E-state index contributed by atoms with van der Waals surface area (Å²) in [5.41, 5.74) is 1.11. The molecule has 1 aromatic carbocycles. The van der Waals surface area contributed by atoms with Gasteiger partial charge >= 0.3 is 0 Å². The molecule has 0 amide bonds. The molecule has 1 aliphatic rings. The number of ether oxygens (including phenoxy) is 1. The molecule has 0 radical (unpaired) electrons. The summed E-state index contributed by atoms with van der Waals surface area (Å²) in [6.07, 6.45) is 2.43. The van der Waals surface area contributed by atoms with E-state index in [-0.39, 0.29) is 0 Å². The Morgan fingerprint density at radius 3 is 2.81 bits per heavy atom. The second kappa shape index (κ2) is 5.55. The molecular formula is C13H18ClNO. The van der Waals surface area contributed by atoms with Crippen LogP contribution in [0.25, 0.3) is 0 Å². The number of rotatable bonds is 3. The summed E-state index contributed by atoms with van der Waals surface area (Å²) < 4.78 is 5.84. The summed E-state index contributed by atoms with van der Waals surface area (Å²) in [4.78, 5) is 0. The van der Waals surface area contributed by atoms with Gasteiger partial charge in [0, 0.05) is 5.02 Å². The summed E-state index contributed by atoms with van der Waals surface area (Å²) in [7, 11) is 0. The minimum absolute atomic E-state index is 0.691. The van der Waals surface area contributed by atoms with Crippen molar-refractivity contribution in [2.24, 2.45) is 5.92 Å². The maximum Gasteiger partial charge on any atom is 0.122 e. The van der Waals surface area contributed by atoms with Gasteiger partial charge in [-0.05, 0) is 62.5 Å². The van der Waals surface area contributed by atoms with Gasteiger partial charge in [-0.2, -0.15) is 0 Å². The van der Waals surface area contributed by atoms with E-state index in [0.717, 1.165) is 36.0 Å². The topological polar surface area (TPSA) is 21.3 Å². The normalized spacial score (nSPS) is 17.4. The zero-order valence-electron chi connectivity index (χ0n) is 9.63. The SMILES string of the molecule is Cc1cc(Cl)ccc1OCC1CCNCC1. The van der Waals surface area contributed by atoms with Gasteiger partial charge in [0.1, 0.15) is 5.75 Å². The van der Waals surface area contributed by atoms with E-state index < -0.39 is 0 Å². The molecule has 1 heterocycles. The summed E-state index contributed by atoms with van der Waals surface area (Å²) in [6, 6.07) is 5.78. The molecule has 2 rings (SSSR count). The van der Waals surface area contributed by atoms with Crippen LogP contribution in [0.1, 0.15) is 18.4 Å². The number of nitrogens with one attached hydrogen (secondary N) is 1.